The monoisotopic (exact) mass is 364 g/mol. The van der Waals surface area contributed by atoms with Crippen LogP contribution in [0.3, 0.4) is 0 Å². The van der Waals surface area contributed by atoms with Crippen LogP contribution in [0.15, 0.2) is 48.7 Å². The summed E-state index contributed by atoms with van der Waals surface area (Å²) in [4.78, 5) is 5.98. The number of benzene rings is 2. The Hall–Kier alpha value is -2.26. The number of H-pyrrole nitrogens is 1. The molecule has 3 heteroatoms. The molecule has 2 aromatic carbocycles. The Labute approximate surface area is 163 Å². The standard InChI is InChI=1S/C24H32N2O/c1-17(2)26(18(3)4)14-13-21-15-25-22-12-11-19(5)24(23(21)22)27-16-20-9-7-6-8-10-20/h6-12,15,17-18,25H,13-14,16H2,1-5H3. The molecular weight excluding hydrogens is 332 g/mol. The minimum Gasteiger partial charge on any atom is -0.488 e. The second-order valence-electron chi connectivity index (χ2n) is 7.90. The lowest BCUT2D eigenvalue weighted by Gasteiger charge is -2.30. The zero-order chi connectivity index (χ0) is 19.4. The Bertz CT molecular complexity index is 857. The van der Waals surface area contributed by atoms with Gasteiger partial charge in [0.2, 0.25) is 0 Å². The summed E-state index contributed by atoms with van der Waals surface area (Å²) in [5.74, 6) is 1.01. The first-order valence-electron chi connectivity index (χ1n) is 9.99. The molecule has 0 saturated heterocycles. The van der Waals surface area contributed by atoms with Gasteiger partial charge in [0, 0.05) is 35.7 Å². The van der Waals surface area contributed by atoms with Gasteiger partial charge >= 0.3 is 0 Å². The largest absolute Gasteiger partial charge is 0.488 e. The molecule has 0 amide bonds. The number of hydrogen-bond donors (Lipinski definition) is 1. The molecular formula is C24H32N2O. The molecule has 0 atom stereocenters. The maximum absolute atomic E-state index is 6.30. The zero-order valence-electron chi connectivity index (χ0n) is 17.3. The Morgan fingerprint density at radius 1 is 0.963 bits per heavy atom. The van der Waals surface area contributed by atoms with Gasteiger partial charge in [0.15, 0.2) is 0 Å². The average Bonchev–Trinajstić information content (AvgIpc) is 3.04. The molecule has 0 unspecified atom stereocenters. The number of rotatable bonds is 8. The molecule has 3 rings (SSSR count). The Balaban J connectivity index is 1.85. The van der Waals surface area contributed by atoms with Crippen molar-refractivity contribution in [1.29, 1.82) is 0 Å². The topological polar surface area (TPSA) is 28.3 Å². The van der Waals surface area contributed by atoms with Crippen LogP contribution in [0.4, 0.5) is 0 Å². The quantitative estimate of drug-likeness (QED) is 0.554. The van der Waals surface area contributed by atoms with E-state index in [4.69, 9.17) is 4.74 Å². The van der Waals surface area contributed by atoms with E-state index in [1.807, 2.05) is 6.07 Å². The molecule has 1 N–H and O–H groups in total. The predicted molar refractivity (Wildman–Crippen MR) is 114 cm³/mol. The lowest BCUT2D eigenvalue weighted by Crippen LogP contribution is -2.38. The predicted octanol–water partition coefficient (Wildman–Crippen LogP) is 5.72. The fourth-order valence-corrected chi connectivity index (χ4v) is 3.84. The number of aryl methyl sites for hydroxylation is 1. The smallest absolute Gasteiger partial charge is 0.132 e. The molecule has 0 aliphatic carbocycles. The van der Waals surface area contributed by atoms with Crippen molar-refractivity contribution in [3.8, 4) is 5.75 Å². The number of fused-ring (bicyclic) bond motifs is 1. The molecule has 1 aromatic heterocycles. The van der Waals surface area contributed by atoms with Crippen molar-refractivity contribution in [3.63, 3.8) is 0 Å². The van der Waals surface area contributed by atoms with Gasteiger partial charge in [-0.05, 0) is 63.8 Å². The summed E-state index contributed by atoms with van der Waals surface area (Å²) in [6.07, 6.45) is 3.17. The maximum Gasteiger partial charge on any atom is 0.132 e. The van der Waals surface area contributed by atoms with Crippen LogP contribution in [-0.4, -0.2) is 28.5 Å². The fourth-order valence-electron chi connectivity index (χ4n) is 3.84. The highest BCUT2D eigenvalue weighted by molar-refractivity contribution is 5.90. The Morgan fingerprint density at radius 3 is 2.33 bits per heavy atom. The first kappa shape index (κ1) is 19.5. The summed E-state index contributed by atoms with van der Waals surface area (Å²) in [7, 11) is 0. The van der Waals surface area contributed by atoms with Gasteiger partial charge in [0.05, 0.1) is 0 Å². The van der Waals surface area contributed by atoms with Crippen molar-refractivity contribution in [2.45, 2.75) is 59.7 Å². The minimum atomic E-state index is 0.547. The van der Waals surface area contributed by atoms with Gasteiger partial charge in [-0.1, -0.05) is 36.4 Å². The van der Waals surface area contributed by atoms with E-state index in [1.54, 1.807) is 0 Å². The van der Waals surface area contributed by atoms with E-state index in [9.17, 15) is 0 Å². The Kier molecular flexibility index (Phi) is 6.22. The lowest BCUT2D eigenvalue weighted by molar-refractivity contribution is 0.177. The molecule has 3 nitrogen and oxygen atoms in total. The summed E-state index contributed by atoms with van der Waals surface area (Å²) in [5, 5.41) is 1.23. The number of aromatic amines is 1. The molecule has 0 radical (unpaired) electrons. The number of hydrogen-bond acceptors (Lipinski definition) is 2. The third kappa shape index (κ3) is 4.54. The molecule has 0 saturated carbocycles. The van der Waals surface area contributed by atoms with E-state index in [0.717, 1.165) is 24.2 Å². The summed E-state index contributed by atoms with van der Waals surface area (Å²) in [6.45, 7) is 12.9. The normalized spacial score (nSPS) is 11.9. The number of nitrogens with zero attached hydrogens (tertiary/aromatic N) is 1. The van der Waals surface area contributed by atoms with E-state index >= 15 is 0 Å². The first-order valence-corrected chi connectivity index (χ1v) is 9.99. The third-order valence-electron chi connectivity index (χ3n) is 5.27. The number of ether oxygens (including phenoxy) is 1. The molecule has 144 valence electrons. The highest BCUT2D eigenvalue weighted by Gasteiger charge is 2.17. The highest BCUT2D eigenvalue weighted by Crippen LogP contribution is 2.33. The molecule has 27 heavy (non-hydrogen) atoms. The molecule has 0 spiro atoms. The van der Waals surface area contributed by atoms with Gasteiger partial charge in [-0.15, -0.1) is 0 Å². The number of aromatic nitrogens is 1. The molecule has 0 fully saturated rings. The summed E-state index contributed by atoms with van der Waals surface area (Å²) in [5.41, 5.74) is 4.86. The SMILES string of the molecule is Cc1ccc2[nH]cc(CCN(C(C)C)C(C)C)c2c1OCc1ccccc1. The van der Waals surface area contributed by atoms with Crippen molar-refractivity contribution < 1.29 is 4.74 Å². The van der Waals surface area contributed by atoms with Crippen LogP contribution >= 0.6 is 0 Å². The van der Waals surface area contributed by atoms with Crippen LogP contribution < -0.4 is 4.74 Å². The average molecular weight is 365 g/mol. The fraction of sp³-hybridized carbons (Fsp3) is 0.417. The second kappa shape index (κ2) is 8.62. The first-order chi connectivity index (χ1) is 13.0. The van der Waals surface area contributed by atoms with Gasteiger partial charge in [-0.3, -0.25) is 4.90 Å². The van der Waals surface area contributed by atoms with Crippen LogP contribution in [0.2, 0.25) is 0 Å². The lowest BCUT2D eigenvalue weighted by atomic mass is 10.0. The van der Waals surface area contributed by atoms with Gasteiger partial charge in [0.25, 0.3) is 0 Å². The highest BCUT2D eigenvalue weighted by atomic mass is 16.5. The molecule has 0 aliphatic rings. The van der Waals surface area contributed by atoms with E-state index in [-0.39, 0.29) is 0 Å². The van der Waals surface area contributed by atoms with Crippen LogP contribution in [0.1, 0.15) is 44.4 Å². The van der Waals surface area contributed by atoms with Crippen LogP contribution in [0.25, 0.3) is 10.9 Å². The summed E-state index contributed by atoms with van der Waals surface area (Å²) >= 11 is 0. The van der Waals surface area contributed by atoms with E-state index < -0.39 is 0 Å². The maximum atomic E-state index is 6.30. The van der Waals surface area contributed by atoms with Crippen LogP contribution in [0, 0.1) is 6.92 Å². The van der Waals surface area contributed by atoms with Crippen molar-refractivity contribution in [2.75, 3.05) is 6.54 Å². The minimum absolute atomic E-state index is 0.547. The van der Waals surface area contributed by atoms with Gasteiger partial charge in [-0.25, -0.2) is 0 Å². The van der Waals surface area contributed by atoms with Crippen LogP contribution in [0.5, 0.6) is 5.75 Å². The van der Waals surface area contributed by atoms with Gasteiger partial charge < -0.3 is 9.72 Å². The summed E-state index contributed by atoms with van der Waals surface area (Å²) in [6, 6.07) is 15.8. The van der Waals surface area contributed by atoms with E-state index in [2.05, 4.69) is 87.1 Å². The van der Waals surface area contributed by atoms with Crippen molar-refractivity contribution in [1.82, 2.24) is 9.88 Å². The van der Waals surface area contributed by atoms with E-state index in [0.29, 0.717) is 18.7 Å². The van der Waals surface area contributed by atoms with Crippen molar-refractivity contribution in [3.05, 3.63) is 65.4 Å². The second-order valence-corrected chi connectivity index (χ2v) is 7.90. The van der Waals surface area contributed by atoms with E-state index in [1.165, 1.54) is 22.1 Å². The van der Waals surface area contributed by atoms with Gasteiger partial charge in [0.1, 0.15) is 12.4 Å². The molecule has 0 aliphatic heterocycles. The Morgan fingerprint density at radius 2 is 1.67 bits per heavy atom. The molecule has 3 aromatic rings. The van der Waals surface area contributed by atoms with Crippen molar-refractivity contribution in [2.24, 2.45) is 0 Å². The van der Waals surface area contributed by atoms with Crippen LogP contribution in [-0.2, 0) is 13.0 Å². The third-order valence-corrected chi connectivity index (χ3v) is 5.27. The zero-order valence-corrected chi connectivity index (χ0v) is 17.3. The number of nitrogens with one attached hydrogen (secondary N) is 1. The molecule has 0 bridgehead atoms. The van der Waals surface area contributed by atoms with Gasteiger partial charge in [-0.2, -0.15) is 0 Å². The molecule has 1 heterocycles. The summed E-state index contributed by atoms with van der Waals surface area (Å²) < 4.78 is 6.30. The van der Waals surface area contributed by atoms with Crippen molar-refractivity contribution >= 4 is 10.9 Å².